The molecule has 2 atom stereocenters. The molecule has 2 N–H and O–H groups in total. The Kier molecular flexibility index (Phi) is 5.37. The van der Waals surface area contributed by atoms with Crippen LogP contribution in [-0.4, -0.2) is 26.8 Å². The molecule has 0 saturated heterocycles. The van der Waals surface area contributed by atoms with Gasteiger partial charge in [0.05, 0.1) is 11.3 Å². The molecule has 1 heterocycles. The molecule has 0 radical (unpaired) electrons. The van der Waals surface area contributed by atoms with Crippen molar-refractivity contribution in [2.75, 3.05) is 13.1 Å². The second-order valence-electron chi connectivity index (χ2n) is 4.45. The Balaban J connectivity index is 2.65. The van der Waals surface area contributed by atoms with Crippen molar-refractivity contribution in [3.63, 3.8) is 0 Å². The maximum atomic E-state index is 12.0. The third-order valence-electron chi connectivity index (χ3n) is 2.74. The predicted molar refractivity (Wildman–Crippen MR) is 71.9 cm³/mol. The quantitative estimate of drug-likeness (QED) is 0.791. The minimum atomic E-state index is -3.34. The summed E-state index contributed by atoms with van der Waals surface area (Å²) in [6, 6.07) is 3.26. The van der Waals surface area contributed by atoms with Gasteiger partial charge in [-0.05, 0) is 39.4 Å². The number of sulfonamides is 1. The van der Waals surface area contributed by atoms with E-state index in [1.807, 2.05) is 19.9 Å². The molecule has 0 aliphatic heterocycles. The van der Waals surface area contributed by atoms with E-state index in [0.29, 0.717) is 12.3 Å². The van der Waals surface area contributed by atoms with E-state index in [1.165, 1.54) is 0 Å². The highest BCUT2D eigenvalue weighted by Gasteiger charge is 2.24. The van der Waals surface area contributed by atoms with Crippen LogP contribution in [-0.2, 0) is 10.0 Å². The maximum absolute atomic E-state index is 12.0. The number of rotatable bonds is 7. The molecule has 0 fully saturated rings. The summed E-state index contributed by atoms with van der Waals surface area (Å²) in [6.45, 7) is 8.43. The van der Waals surface area contributed by atoms with Crippen molar-refractivity contribution in [2.45, 2.75) is 39.0 Å². The predicted octanol–water partition coefficient (Wildman–Crippen LogP) is 1.57. The molecule has 1 aromatic heterocycles. The van der Waals surface area contributed by atoms with Gasteiger partial charge in [-0.15, -0.1) is 0 Å². The third kappa shape index (κ3) is 4.12. The van der Waals surface area contributed by atoms with Crippen LogP contribution in [0.1, 0.15) is 38.3 Å². The molecular formula is C12H22N2O3S. The van der Waals surface area contributed by atoms with E-state index in [1.54, 1.807) is 19.9 Å². The zero-order chi connectivity index (χ0) is 13.8. The molecule has 0 spiro atoms. The minimum Gasteiger partial charge on any atom is -0.465 e. The molecule has 104 valence electrons. The number of hydrogen-bond donors (Lipinski definition) is 2. The second-order valence-corrected chi connectivity index (χ2v) is 6.58. The first-order chi connectivity index (χ1) is 8.36. The van der Waals surface area contributed by atoms with Gasteiger partial charge in [0, 0.05) is 6.54 Å². The van der Waals surface area contributed by atoms with E-state index in [-0.39, 0.29) is 6.04 Å². The average Bonchev–Trinajstić information content (AvgIpc) is 2.72. The van der Waals surface area contributed by atoms with Crippen molar-refractivity contribution in [1.82, 2.24) is 10.0 Å². The zero-order valence-corrected chi connectivity index (χ0v) is 12.2. The van der Waals surface area contributed by atoms with E-state index < -0.39 is 15.3 Å². The van der Waals surface area contributed by atoms with Crippen LogP contribution in [0, 0.1) is 6.92 Å². The zero-order valence-electron chi connectivity index (χ0n) is 11.4. The van der Waals surface area contributed by atoms with E-state index in [2.05, 4.69) is 10.0 Å². The van der Waals surface area contributed by atoms with Crippen LogP contribution < -0.4 is 10.0 Å². The molecule has 18 heavy (non-hydrogen) atoms. The lowest BCUT2D eigenvalue weighted by Gasteiger charge is -2.17. The van der Waals surface area contributed by atoms with E-state index in [4.69, 9.17) is 4.42 Å². The molecule has 0 saturated carbocycles. The van der Waals surface area contributed by atoms with E-state index in [0.717, 1.165) is 12.3 Å². The van der Waals surface area contributed by atoms with Crippen LogP contribution in [0.25, 0.3) is 0 Å². The molecule has 0 aliphatic carbocycles. The average molecular weight is 274 g/mol. The van der Waals surface area contributed by atoms with E-state index >= 15 is 0 Å². The highest BCUT2D eigenvalue weighted by atomic mass is 32.2. The largest absolute Gasteiger partial charge is 0.465 e. The van der Waals surface area contributed by atoms with Gasteiger partial charge in [-0.3, -0.25) is 0 Å². The molecule has 1 aromatic rings. The fourth-order valence-electron chi connectivity index (χ4n) is 1.56. The molecule has 5 nitrogen and oxygen atoms in total. The first kappa shape index (κ1) is 15.2. The summed E-state index contributed by atoms with van der Waals surface area (Å²) in [7, 11) is -3.34. The Bertz CT molecular complexity index is 467. The lowest BCUT2D eigenvalue weighted by atomic mass is 10.3. The summed E-state index contributed by atoms with van der Waals surface area (Å²) in [6.07, 6.45) is 0. The Morgan fingerprint density at radius 3 is 2.50 bits per heavy atom. The molecular weight excluding hydrogens is 252 g/mol. The summed E-state index contributed by atoms with van der Waals surface area (Å²) < 4.78 is 32.1. The summed E-state index contributed by atoms with van der Waals surface area (Å²) in [5.74, 6) is 1.41. The highest BCUT2D eigenvalue weighted by molar-refractivity contribution is 7.90. The van der Waals surface area contributed by atoms with Crippen molar-refractivity contribution < 1.29 is 12.8 Å². The van der Waals surface area contributed by atoms with Crippen molar-refractivity contribution in [1.29, 1.82) is 0 Å². The minimum absolute atomic E-state index is 0.354. The van der Waals surface area contributed by atoms with Crippen LogP contribution >= 0.6 is 0 Å². The van der Waals surface area contributed by atoms with Gasteiger partial charge >= 0.3 is 0 Å². The van der Waals surface area contributed by atoms with Crippen molar-refractivity contribution in [3.8, 4) is 0 Å². The number of nitrogens with one attached hydrogen (secondary N) is 2. The Morgan fingerprint density at radius 2 is 2.00 bits per heavy atom. The van der Waals surface area contributed by atoms with Gasteiger partial charge in [0.2, 0.25) is 10.0 Å². The molecule has 0 amide bonds. The van der Waals surface area contributed by atoms with Gasteiger partial charge < -0.3 is 9.73 Å². The number of aryl methyl sites for hydroxylation is 1. The Hall–Kier alpha value is -0.850. The van der Waals surface area contributed by atoms with Gasteiger partial charge in [-0.1, -0.05) is 6.92 Å². The van der Waals surface area contributed by atoms with Gasteiger partial charge in [0.1, 0.15) is 11.5 Å². The normalized spacial score (nSPS) is 15.6. The summed E-state index contributed by atoms with van der Waals surface area (Å²) in [5, 5.41) is 2.55. The summed E-state index contributed by atoms with van der Waals surface area (Å²) in [4.78, 5) is 0. The van der Waals surface area contributed by atoms with Gasteiger partial charge in [0.15, 0.2) is 0 Å². The second kappa shape index (κ2) is 6.36. The molecule has 0 aromatic carbocycles. The lowest BCUT2D eigenvalue weighted by molar-refractivity contribution is 0.439. The van der Waals surface area contributed by atoms with Gasteiger partial charge in [-0.2, -0.15) is 0 Å². The van der Waals surface area contributed by atoms with Crippen LogP contribution in [0.2, 0.25) is 0 Å². The lowest BCUT2D eigenvalue weighted by Crippen LogP contribution is -2.39. The van der Waals surface area contributed by atoms with Crippen molar-refractivity contribution >= 4 is 10.0 Å². The number of furan rings is 1. The Labute approximate surface area is 109 Å². The first-order valence-electron chi connectivity index (χ1n) is 6.15. The van der Waals surface area contributed by atoms with Crippen molar-refractivity contribution in [3.05, 3.63) is 23.7 Å². The monoisotopic (exact) mass is 274 g/mol. The smallest absolute Gasteiger partial charge is 0.216 e. The van der Waals surface area contributed by atoms with Crippen molar-refractivity contribution in [2.24, 2.45) is 0 Å². The molecule has 1 rings (SSSR count). The van der Waals surface area contributed by atoms with Crippen LogP contribution in [0.15, 0.2) is 16.5 Å². The highest BCUT2D eigenvalue weighted by Crippen LogP contribution is 2.17. The number of hydrogen-bond acceptors (Lipinski definition) is 4. The first-order valence-corrected chi connectivity index (χ1v) is 7.69. The molecule has 6 heteroatoms. The van der Waals surface area contributed by atoms with Gasteiger partial charge in [-0.25, -0.2) is 13.1 Å². The van der Waals surface area contributed by atoms with E-state index in [9.17, 15) is 8.42 Å². The van der Waals surface area contributed by atoms with Gasteiger partial charge in [0.25, 0.3) is 0 Å². The Morgan fingerprint density at radius 1 is 1.33 bits per heavy atom. The fraction of sp³-hybridized carbons (Fsp3) is 0.667. The van der Waals surface area contributed by atoms with Crippen LogP contribution in [0.5, 0.6) is 0 Å². The molecule has 2 unspecified atom stereocenters. The van der Waals surface area contributed by atoms with Crippen LogP contribution in [0.3, 0.4) is 0 Å². The molecule has 0 bridgehead atoms. The third-order valence-corrected chi connectivity index (χ3v) is 4.65. The SMILES string of the molecule is CCNCC(C)S(=O)(=O)NC(C)c1ccc(C)o1. The fourth-order valence-corrected chi connectivity index (χ4v) is 2.74. The molecule has 0 aliphatic rings. The topological polar surface area (TPSA) is 71.3 Å². The summed E-state index contributed by atoms with van der Waals surface area (Å²) in [5.41, 5.74) is 0. The summed E-state index contributed by atoms with van der Waals surface area (Å²) >= 11 is 0. The standard InChI is InChI=1S/C12H22N2O3S/c1-5-13-8-10(3)18(15,16)14-11(4)12-7-6-9(2)17-12/h6-7,10-11,13-14H,5,8H2,1-4H3. The maximum Gasteiger partial charge on any atom is 0.216 e. The van der Waals surface area contributed by atoms with Crippen LogP contribution in [0.4, 0.5) is 0 Å².